The maximum absolute atomic E-state index is 12.0. The number of rotatable bonds is 4. The van der Waals surface area contributed by atoms with Gasteiger partial charge in [-0.25, -0.2) is 0 Å². The monoisotopic (exact) mass is 414 g/mol. The summed E-state index contributed by atoms with van der Waals surface area (Å²) in [5.74, 6) is 0.239. The zero-order chi connectivity index (χ0) is 13.0. The van der Waals surface area contributed by atoms with Gasteiger partial charge in [0.25, 0.3) is 0 Å². The lowest BCUT2D eigenvalue weighted by atomic mass is 10.0. The molecule has 3 heteroatoms. The van der Waals surface area contributed by atoms with E-state index in [1.54, 1.807) is 0 Å². The predicted octanol–water partition coefficient (Wildman–Crippen LogP) is 4.41. The van der Waals surface area contributed by atoms with Gasteiger partial charge in [-0.1, -0.05) is 46.3 Å². The first-order valence-corrected chi connectivity index (χ1v) is 7.52. The molecule has 0 radical (unpaired) electrons. The molecule has 0 atom stereocenters. The maximum Gasteiger partial charge on any atom is 0.141 e. The van der Waals surface area contributed by atoms with E-state index in [0.717, 1.165) is 15.6 Å². The van der Waals surface area contributed by atoms with E-state index in [0.29, 0.717) is 12.8 Å². The molecular formula is C15H12BrIO. The molecule has 0 fully saturated rings. The van der Waals surface area contributed by atoms with Crippen LogP contribution in [0, 0.1) is 3.57 Å². The smallest absolute Gasteiger partial charge is 0.141 e. The molecule has 2 aromatic carbocycles. The third-order valence-corrected chi connectivity index (χ3v) is 4.15. The van der Waals surface area contributed by atoms with Crippen molar-refractivity contribution in [3.8, 4) is 0 Å². The van der Waals surface area contributed by atoms with Gasteiger partial charge in [0, 0.05) is 20.9 Å². The molecule has 0 saturated carbocycles. The summed E-state index contributed by atoms with van der Waals surface area (Å²) in [7, 11) is 0. The van der Waals surface area contributed by atoms with Crippen LogP contribution >= 0.6 is 38.5 Å². The van der Waals surface area contributed by atoms with Gasteiger partial charge in [-0.05, 0) is 51.9 Å². The topological polar surface area (TPSA) is 17.1 Å². The van der Waals surface area contributed by atoms with Crippen LogP contribution in [0.3, 0.4) is 0 Å². The fraction of sp³-hybridized carbons (Fsp3) is 0.133. The molecule has 0 saturated heterocycles. The standard InChI is InChI=1S/C15H12BrIO/c16-15-4-2-1-3-12(15)10-14(18)9-11-5-7-13(17)8-6-11/h1-8H,9-10H2. The number of carbonyl (C=O) groups excluding carboxylic acids is 1. The molecule has 0 aliphatic heterocycles. The quantitative estimate of drug-likeness (QED) is 0.677. The summed E-state index contributed by atoms with van der Waals surface area (Å²) in [6, 6.07) is 15.9. The third-order valence-electron chi connectivity index (χ3n) is 2.66. The van der Waals surface area contributed by atoms with Crippen LogP contribution in [0.1, 0.15) is 11.1 Å². The minimum Gasteiger partial charge on any atom is -0.299 e. The largest absolute Gasteiger partial charge is 0.299 e. The van der Waals surface area contributed by atoms with Gasteiger partial charge in [-0.15, -0.1) is 0 Å². The van der Waals surface area contributed by atoms with E-state index in [2.05, 4.69) is 38.5 Å². The lowest BCUT2D eigenvalue weighted by Gasteiger charge is -2.04. The highest BCUT2D eigenvalue weighted by Gasteiger charge is 2.07. The molecule has 0 aliphatic rings. The minimum absolute atomic E-state index is 0.239. The molecule has 18 heavy (non-hydrogen) atoms. The van der Waals surface area contributed by atoms with Crippen molar-refractivity contribution < 1.29 is 4.79 Å². The zero-order valence-electron chi connectivity index (χ0n) is 9.70. The molecule has 0 heterocycles. The molecule has 0 amide bonds. The second kappa shape index (κ2) is 6.48. The number of carbonyl (C=O) groups is 1. The fourth-order valence-corrected chi connectivity index (χ4v) is 2.53. The summed E-state index contributed by atoms with van der Waals surface area (Å²) < 4.78 is 2.19. The van der Waals surface area contributed by atoms with Crippen molar-refractivity contribution >= 4 is 44.3 Å². The lowest BCUT2D eigenvalue weighted by molar-refractivity contribution is -0.117. The first kappa shape index (κ1) is 13.7. The Hall–Kier alpha value is -0.680. The molecule has 0 aliphatic carbocycles. The van der Waals surface area contributed by atoms with E-state index in [1.165, 1.54) is 3.57 Å². The number of Topliss-reactive ketones (excluding diaryl/α,β-unsaturated/α-hetero) is 1. The summed E-state index contributed by atoms with van der Waals surface area (Å²) in [6.45, 7) is 0. The van der Waals surface area contributed by atoms with Crippen molar-refractivity contribution in [1.82, 2.24) is 0 Å². The molecule has 2 rings (SSSR count). The Morgan fingerprint density at radius 1 is 1.00 bits per heavy atom. The lowest BCUT2D eigenvalue weighted by Crippen LogP contribution is -2.06. The number of hydrogen-bond donors (Lipinski definition) is 0. The zero-order valence-corrected chi connectivity index (χ0v) is 13.4. The molecule has 0 spiro atoms. The third kappa shape index (κ3) is 3.92. The highest BCUT2D eigenvalue weighted by molar-refractivity contribution is 14.1. The van der Waals surface area contributed by atoms with Crippen LogP contribution in [0.5, 0.6) is 0 Å². The predicted molar refractivity (Wildman–Crippen MR) is 85.7 cm³/mol. The molecule has 0 unspecified atom stereocenters. The van der Waals surface area contributed by atoms with E-state index >= 15 is 0 Å². The maximum atomic E-state index is 12.0. The minimum atomic E-state index is 0.239. The molecule has 1 nitrogen and oxygen atoms in total. The Labute approximate surface area is 129 Å². The first-order chi connectivity index (χ1) is 8.65. The van der Waals surface area contributed by atoms with Crippen LogP contribution in [-0.2, 0) is 17.6 Å². The molecule has 0 aromatic heterocycles. The van der Waals surface area contributed by atoms with Gasteiger partial charge >= 0.3 is 0 Å². The Bertz CT molecular complexity index is 549. The van der Waals surface area contributed by atoms with Gasteiger partial charge in [0.05, 0.1) is 0 Å². The average Bonchev–Trinajstić information content (AvgIpc) is 2.35. The fourth-order valence-electron chi connectivity index (χ4n) is 1.75. The van der Waals surface area contributed by atoms with E-state index < -0.39 is 0 Å². The van der Waals surface area contributed by atoms with Gasteiger partial charge in [0.2, 0.25) is 0 Å². The molecule has 2 aromatic rings. The number of ketones is 1. The number of halogens is 2. The van der Waals surface area contributed by atoms with Crippen LogP contribution in [-0.4, -0.2) is 5.78 Å². The van der Waals surface area contributed by atoms with Crippen molar-refractivity contribution in [3.63, 3.8) is 0 Å². The van der Waals surface area contributed by atoms with Crippen molar-refractivity contribution in [2.45, 2.75) is 12.8 Å². The Morgan fingerprint density at radius 3 is 2.33 bits per heavy atom. The molecule has 0 N–H and O–H groups in total. The van der Waals surface area contributed by atoms with Crippen LogP contribution in [0.25, 0.3) is 0 Å². The summed E-state index contributed by atoms with van der Waals surface area (Å²) in [4.78, 5) is 12.0. The van der Waals surface area contributed by atoms with Gasteiger partial charge in [-0.2, -0.15) is 0 Å². The van der Waals surface area contributed by atoms with Crippen LogP contribution < -0.4 is 0 Å². The second-order valence-electron chi connectivity index (χ2n) is 4.11. The SMILES string of the molecule is O=C(Cc1ccc(I)cc1)Cc1ccccc1Br. The van der Waals surface area contributed by atoms with Crippen LogP contribution in [0.2, 0.25) is 0 Å². The highest BCUT2D eigenvalue weighted by atomic mass is 127. The van der Waals surface area contributed by atoms with Gasteiger partial charge in [-0.3, -0.25) is 4.79 Å². The summed E-state index contributed by atoms with van der Waals surface area (Å²) >= 11 is 5.73. The molecule has 92 valence electrons. The second-order valence-corrected chi connectivity index (χ2v) is 6.21. The molecule has 0 bridgehead atoms. The van der Waals surface area contributed by atoms with E-state index in [1.807, 2.05) is 48.5 Å². The van der Waals surface area contributed by atoms with Crippen molar-refractivity contribution in [3.05, 3.63) is 67.7 Å². The van der Waals surface area contributed by atoms with Gasteiger partial charge in [0.1, 0.15) is 5.78 Å². The van der Waals surface area contributed by atoms with E-state index in [-0.39, 0.29) is 5.78 Å². The number of benzene rings is 2. The Kier molecular flexibility index (Phi) is 4.95. The summed E-state index contributed by atoms with van der Waals surface area (Å²) in [5, 5.41) is 0. The van der Waals surface area contributed by atoms with Crippen molar-refractivity contribution in [2.24, 2.45) is 0 Å². The average molecular weight is 415 g/mol. The van der Waals surface area contributed by atoms with E-state index in [4.69, 9.17) is 0 Å². The summed E-state index contributed by atoms with van der Waals surface area (Å²) in [6.07, 6.45) is 0.978. The number of hydrogen-bond acceptors (Lipinski definition) is 1. The first-order valence-electron chi connectivity index (χ1n) is 5.65. The van der Waals surface area contributed by atoms with Crippen molar-refractivity contribution in [1.29, 1.82) is 0 Å². The summed E-state index contributed by atoms with van der Waals surface area (Å²) in [5.41, 5.74) is 2.13. The highest BCUT2D eigenvalue weighted by Crippen LogP contribution is 2.17. The van der Waals surface area contributed by atoms with Crippen molar-refractivity contribution in [2.75, 3.05) is 0 Å². The van der Waals surface area contributed by atoms with Gasteiger partial charge < -0.3 is 0 Å². The van der Waals surface area contributed by atoms with Gasteiger partial charge in [0.15, 0.2) is 0 Å². The van der Waals surface area contributed by atoms with Crippen LogP contribution in [0.4, 0.5) is 0 Å². The Morgan fingerprint density at radius 2 is 1.67 bits per heavy atom. The van der Waals surface area contributed by atoms with Crippen LogP contribution in [0.15, 0.2) is 53.0 Å². The van der Waals surface area contributed by atoms with E-state index in [9.17, 15) is 4.79 Å². The molecular weight excluding hydrogens is 403 g/mol. The Balaban J connectivity index is 2.01. The normalized spacial score (nSPS) is 10.3.